The van der Waals surface area contributed by atoms with Crippen molar-refractivity contribution in [2.75, 3.05) is 13.7 Å². The first kappa shape index (κ1) is 20.1. The molecule has 1 aromatic carbocycles. The molecule has 1 rings (SSSR count). The van der Waals surface area contributed by atoms with E-state index < -0.39 is 17.9 Å². The number of methoxy groups -OCH3 is 1. The highest BCUT2D eigenvalue weighted by molar-refractivity contribution is 6.32. The number of amides is 1. The smallest absolute Gasteiger partial charge is 0.326 e. The highest BCUT2D eigenvalue weighted by Crippen LogP contribution is 2.36. The summed E-state index contributed by atoms with van der Waals surface area (Å²) < 4.78 is 10.8. The highest BCUT2D eigenvalue weighted by Gasteiger charge is 2.23. The minimum atomic E-state index is -1.07. The molecular formula is C17H24ClNO5. The van der Waals surface area contributed by atoms with Gasteiger partial charge in [-0.3, -0.25) is 4.79 Å². The van der Waals surface area contributed by atoms with E-state index in [4.69, 9.17) is 21.1 Å². The molecule has 0 heterocycles. The summed E-state index contributed by atoms with van der Waals surface area (Å²) in [6, 6.07) is 1.97. The molecule has 0 spiro atoms. The SMILES string of the molecule is CCCOc1c(Cl)cc(C(=O)NC(CC(C)C)C(=O)O)cc1OC. The molecule has 1 amide bonds. The number of carbonyl (C=O) groups excluding carboxylic acids is 1. The van der Waals surface area contributed by atoms with Gasteiger partial charge in [-0.1, -0.05) is 32.4 Å². The summed E-state index contributed by atoms with van der Waals surface area (Å²) in [5, 5.41) is 12.0. The topological polar surface area (TPSA) is 84.9 Å². The summed E-state index contributed by atoms with van der Waals surface area (Å²) in [5.41, 5.74) is 0.218. The minimum Gasteiger partial charge on any atom is -0.493 e. The van der Waals surface area contributed by atoms with Crippen LogP contribution in [0.4, 0.5) is 0 Å². The molecule has 2 N–H and O–H groups in total. The predicted octanol–water partition coefficient (Wildman–Crippen LogP) is 3.37. The molecule has 1 aromatic rings. The lowest BCUT2D eigenvalue weighted by molar-refractivity contribution is -0.139. The van der Waals surface area contributed by atoms with E-state index in [1.165, 1.54) is 19.2 Å². The summed E-state index contributed by atoms with van der Waals surface area (Å²) in [7, 11) is 1.45. The number of benzene rings is 1. The second-order valence-electron chi connectivity index (χ2n) is 5.83. The Morgan fingerprint density at radius 1 is 1.33 bits per heavy atom. The highest BCUT2D eigenvalue weighted by atomic mass is 35.5. The van der Waals surface area contributed by atoms with Crippen LogP contribution in [0.25, 0.3) is 0 Å². The zero-order valence-electron chi connectivity index (χ0n) is 14.4. The average Bonchev–Trinajstić information content (AvgIpc) is 2.51. The van der Waals surface area contributed by atoms with Gasteiger partial charge in [-0.15, -0.1) is 0 Å². The van der Waals surface area contributed by atoms with Crippen molar-refractivity contribution in [2.45, 2.75) is 39.7 Å². The van der Waals surface area contributed by atoms with Crippen molar-refractivity contribution in [3.05, 3.63) is 22.7 Å². The maximum Gasteiger partial charge on any atom is 0.326 e. The Morgan fingerprint density at radius 3 is 2.50 bits per heavy atom. The van der Waals surface area contributed by atoms with E-state index in [2.05, 4.69) is 5.32 Å². The lowest BCUT2D eigenvalue weighted by Crippen LogP contribution is -2.41. The molecule has 134 valence electrons. The van der Waals surface area contributed by atoms with Crippen LogP contribution < -0.4 is 14.8 Å². The van der Waals surface area contributed by atoms with Crippen molar-refractivity contribution < 1.29 is 24.2 Å². The predicted molar refractivity (Wildman–Crippen MR) is 92.1 cm³/mol. The molecule has 1 unspecified atom stereocenters. The van der Waals surface area contributed by atoms with Gasteiger partial charge in [0.2, 0.25) is 0 Å². The summed E-state index contributed by atoms with van der Waals surface area (Å²) in [4.78, 5) is 23.6. The molecule has 0 bridgehead atoms. The quantitative estimate of drug-likeness (QED) is 0.707. The van der Waals surface area contributed by atoms with Gasteiger partial charge in [0.25, 0.3) is 5.91 Å². The standard InChI is InChI=1S/C17H24ClNO5/c1-5-6-24-15-12(18)8-11(9-14(15)23-4)16(20)19-13(17(21)22)7-10(2)3/h8-10,13H,5-7H2,1-4H3,(H,19,20)(H,21,22). The van der Waals surface area contributed by atoms with Crippen molar-refractivity contribution >= 4 is 23.5 Å². The third-order valence-corrected chi connectivity index (χ3v) is 3.53. The first-order valence-corrected chi connectivity index (χ1v) is 8.21. The molecule has 0 aliphatic carbocycles. The van der Waals surface area contributed by atoms with Crippen molar-refractivity contribution in [2.24, 2.45) is 5.92 Å². The van der Waals surface area contributed by atoms with Crippen molar-refractivity contribution in [1.82, 2.24) is 5.32 Å². The van der Waals surface area contributed by atoms with Gasteiger partial charge in [0, 0.05) is 5.56 Å². The number of carboxylic acids is 1. The fraction of sp³-hybridized carbons (Fsp3) is 0.529. The molecule has 0 fully saturated rings. The third-order valence-electron chi connectivity index (χ3n) is 3.25. The minimum absolute atomic E-state index is 0.134. The van der Waals surface area contributed by atoms with Gasteiger partial charge < -0.3 is 19.9 Å². The first-order chi connectivity index (χ1) is 11.3. The first-order valence-electron chi connectivity index (χ1n) is 7.84. The number of nitrogens with one attached hydrogen (secondary N) is 1. The Morgan fingerprint density at radius 2 is 2.00 bits per heavy atom. The Bertz CT molecular complexity index is 589. The molecule has 1 atom stereocenters. The normalized spacial score (nSPS) is 11.9. The van der Waals surface area contributed by atoms with Gasteiger partial charge in [-0.05, 0) is 30.9 Å². The average molecular weight is 358 g/mol. The van der Waals surface area contributed by atoms with Crippen LogP contribution >= 0.6 is 11.6 Å². The van der Waals surface area contributed by atoms with Gasteiger partial charge in [-0.25, -0.2) is 4.79 Å². The number of carbonyl (C=O) groups is 2. The van der Waals surface area contributed by atoms with E-state index in [-0.39, 0.29) is 16.5 Å². The Kier molecular flexibility index (Phi) is 7.85. The maximum absolute atomic E-state index is 12.4. The molecule has 0 saturated heterocycles. The molecule has 0 saturated carbocycles. The van der Waals surface area contributed by atoms with E-state index in [1.54, 1.807) is 0 Å². The van der Waals surface area contributed by atoms with E-state index in [1.807, 2.05) is 20.8 Å². The maximum atomic E-state index is 12.4. The van der Waals surface area contributed by atoms with Gasteiger partial charge in [-0.2, -0.15) is 0 Å². The van der Waals surface area contributed by atoms with Gasteiger partial charge >= 0.3 is 5.97 Å². The van der Waals surface area contributed by atoms with E-state index in [0.29, 0.717) is 24.5 Å². The number of carboxylic acid groups (broad SMARTS) is 1. The Hall–Kier alpha value is -1.95. The number of ether oxygens (including phenoxy) is 2. The molecule has 0 aliphatic heterocycles. The summed E-state index contributed by atoms with van der Waals surface area (Å²) in [5.74, 6) is -0.760. The van der Waals surface area contributed by atoms with Crippen LogP contribution in [0.2, 0.25) is 5.02 Å². The van der Waals surface area contributed by atoms with Crippen molar-refractivity contribution in [1.29, 1.82) is 0 Å². The largest absolute Gasteiger partial charge is 0.493 e. The van der Waals surface area contributed by atoms with Crippen molar-refractivity contribution in [3.63, 3.8) is 0 Å². The van der Waals surface area contributed by atoms with Crippen LogP contribution in [0.5, 0.6) is 11.5 Å². The fourth-order valence-electron chi connectivity index (χ4n) is 2.13. The lowest BCUT2D eigenvalue weighted by Gasteiger charge is -2.18. The number of hydrogen-bond acceptors (Lipinski definition) is 4. The monoisotopic (exact) mass is 357 g/mol. The van der Waals surface area contributed by atoms with Crippen LogP contribution in [0, 0.1) is 5.92 Å². The van der Waals surface area contributed by atoms with Crippen LogP contribution in [-0.2, 0) is 4.79 Å². The van der Waals surface area contributed by atoms with E-state index in [0.717, 1.165) is 6.42 Å². The summed E-state index contributed by atoms with van der Waals surface area (Å²) in [6.07, 6.45) is 1.14. The van der Waals surface area contributed by atoms with E-state index in [9.17, 15) is 14.7 Å². The molecule has 6 nitrogen and oxygen atoms in total. The number of aliphatic carboxylic acids is 1. The number of hydrogen-bond donors (Lipinski definition) is 2. The second kappa shape index (κ2) is 9.37. The number of rotatable bonds is 9. The number of halogens is 1. The lowest BCUT2D eigenvalue weighted by atomic mass is 10.0. The van der Waals surface area contributed by atoms with Crippen molar-refractivity contribution in [3.8, 4) is 11.5 Å². The van der Waals surface area contributed by atoms with E-state index >= 15 is 0 Å². The summed E-state index contributed by atoms with van der Waals surface area (Å²) >= 11 is 6.18. The van der Waals surface area contributed by atoms with Crippen LogP contribution in [0.1, 0.15) is 44.0 Å². The molecule has 0 aliphatic rings. The summed E-state index contributed by atoms with van der Waals surface area (Å²) in [6.45, 7) is 6.21. The van der Waals surface area contributed by atoms with Gasteiger partial charge in [0.1, 0.15) is 6.04 Å². The molecule has 24 heavy (non-hydrogen) atoms. The molecule has 0 radical (unpaired) electrons. The van der Waals surface area contributed by atoms with Crippen LogP contribution in [0.3, 0.4) is 0 Å². The third kappa shape index (κ3) is 5.60. The molecule has 7 heteroatoms. The van der Waals surface area contributed by atoms with Gasteiger partial charge in [0.15, 0.2) is 11.5 Å². The molecule has 0 aromatic heterocycles. The molecular weight excluding hydrogens is 334 g/mol. The second-order valence-corrected chi connectivity index (χ2v) is 6.24. The Labute approximate surface area is 147 Å². The Balaban J connectivity index is 3.02. The van der Waals surface area contributed by atoms with Crippen LogP contribution in [0.15, 0.2) is 12.1 Å². The zero-order chi connectivity index (χ0) is 18.3. The fourth-order valence-corrected chi connectivity index (χ4v) is 2.39. The van der Waals surface area contributed by atoms with Gasteiger partial charge in [0.05, 0.1) is 18.7 Å². The van der Waals surface area contributed by atoms with Crippen LogP contribution in [-0.4, -0.2) is 36.7 Å². The zero-order valence-corrected chi connectivity index (χ0v) is 15.1.